The molecule has 0 spiro atoms. The van der Waals surface area contributed by atoms with Gasteiger partial charge in [0.2, 0.25) is 0 Å². The number of nitrogens with zero attached hydrogens (tertiary/aromatic N) is 1. The molecule has 0 bridgehead atoms. The summed E-state index contributed by atoms with van der Waals surface area (Å²) in [6.45, 7) is 6.25. The molecular weight excluding hydrogens is 188 g/mol. The summed E-state index contributed by atoms with van der Waals surface area (Å²) in [5.74, 6) is 0.385. The number of hydrogen-bond donors (Lipinski definition) is 1. The average Bonchev–Trinajstić information content (AvgIpc) is 2.61. The molecule has 0 unspecified atom stereocenters. The maximum Gasteiger partial charge on any atom is 0.256 e. The Labute approximate surface area is 88.8 Å². The Balaban J connectivity index is 2.70. The van der Waals surface area contributed by atoms with Crippen LogP contribution in [0.2, 0.25) is 0 Å². The van der Waals surface area contributed by atoms with Gasteiger partial charge in [-0.25, -0.2) is 0 Å². The third-order valence-corrected chi connectivity index (χ3v) is 2.71. The topological polar surface area (TPSA) is 37.3 Å². The maximum absolute atomic E-state index is 11.8. The van der Waals surface area contributed by atoms with E-state index < -0.39 is 0 Å². The highest BCUT2D eigenvalue weighted by Crippen LogP contribution is 2.14. The summed E-state index contributed by atoms with van der Waals surface area (Å²) in [5, 5.41) is 0. The molecule has 15 heavy (non-hydrogen) atoms. The van der Waals surface area contributed by atoms with Crippen molar-refractivity contribution in [3.63, 3.8) is 0 Å². The van der Waals surface area contributed by atoms with Crippen LogP contribution < -0.4 is 5.56 Å². The van der Waals surface area contributed by atoms with Crippen LogP contribution in [0.15, 0.2) is 23.1 Å². The lowest BCUT2D eigenvalue weighted by Gasteiger charge is -2.04. The molecule has 0 radical (unpaired) electrons. The third kappa shape index (κ3) is 1.69. The van der Waals surface area contributed by atoms with Crippen LogP contribution in [-0.4, -0.2) is 9.38 Å². The zero-order valence-electron chi connectivity index (χ0n) is 9.37. The van der Waals surface area contributed by atoms with Crippen molar-refractivity contribution in [2.24, 2.45) is 0 Å². The Kier molecular flexibility index (Phi) is 2.39. The van der Waals surface area contributed by atoms with E-state index in [1.807, 2.05) is 12.3 Å². The van der Waals surface area contributed by atoms with E-state index in [1.54, 1.807) is 10.5 Å². The van der Waals surface area contributed by atoms with Crippen LogP contribution in [0.1, 0.15) is 37.9 Å². The van der Waals surface area contributed by atoms with Gasteiger partial charge in [0, 0.05) is 18.0 Å². The molecule has 2 aromatic rings. The predicted molar refractivity (Wildman–Crippen MR) is 61.5 cm³/mol. The Morgan fingerprint density at radius 3 is 2.73 bits per heavy atom. The molecule has 0 aliphatic rings. The Morgan fingerprint density at radius 1 is 1.40 bits per heavy atom. The van der Waals surface area contributed by atoms with Crippen molar-refractivity contribution in [3.05, 3.63) is 39.9 Å². The standard InChI is InChI=1S/C12H16N2O/c1-4-10-7-14-11(13-10)5-9(8(2)3)6-12(14)15/h5-8,13H,4H2,1-3H3. The zero-order valence-corrected chi connectivity index (χ0v) is 9.37. The molecule has 0 saturated carbocycles. The fourth-order valence-corrected chi connectivity index (χ4v) is 1.70. The first kappa shape index (κ1) is 10.0. The monoisotopic (exact) mass is 204 g/mol. The fraction of sp³-hybridized carbons (Fsp3) is 0.417. The van der Waals surface area contributed by atoms with Crippen LogP contribution in [0.4, 0.5) is 0 Å². The van der Waals surface area contributed by atoms with Gasteiger partial charge in [0.25, 0.3) is 5.56 Å². The highest BCUT2D eigenvalue weighted by atomic mass is 16.1. The normalized spacial score (nSPS) is 11.5. The molecule has 2 aromatic heterocycles. The second-order valence-corrected chi connectivity index (χ2v) is 4.17. The van der Waals surface area contributed by atoms with Gasteiger partial charge in [-0.05, 0) is 24.0 Å². The first-order valence-corrected chi connectivity index (χ1v) is 5.36. The van der Waals surface area contributed by atoms with E-state index in [2.05, 4.69) is 25.8 Å². The molecule has 0 aromatic carbocycles. The second kappa shape index (κ2) is 3.57. The number of nitrogens with one attached hydrogen (secondary N) is 1. The van der Waals surface area contributed by atoms with Crippen LogP contribution in [-0.2, 0) is 6.42 Å². The molecular formula is C12H16N2O. The SMILES string of the molecule is CCc1cn2c(=O)cc(C(C)C)cc2[nH]1. The number of imidazole rings is 1. The van der Waals surface area contributed by atoms with Crippen molar-refractivity contribution < 1.29 is 0 Å². The third-order valence-electron chi connectivity index (χ3n) is 2.71. The minimum Gasteiger partial charge on any atom is -0.343 e. The van der Waals surface area contributed by atoms with Crippen LogP contribution in [0.25, 0.3) is 5.65 Å². The van der Waals surface area contributed by atoms with Crippen molar-refractivity contribution >= 4 is 5.65 Å². The number of pyridine rings is 1. The number of aromatic amines is 1. The first-order chi connectivity index (χ1) is 7.11. The summed E-state index contributed by atoms with van der Waals surface area (Å²) in [4.78, 5) is 15.0. The van der Waals surface area contributed by atoms with Gasteiger partial charge in [-0.15, -0.1) is 0 Å². The molecule has 3 heteroatoms. The molecule has 0 amide bonds. The van der Waals surface area contributed by atoms with Crippen LogP contribution in [0.3, 0.4) is 0 Å². The lowest BCUT2D eigenvalue weighted by Crippen LogP contribution is -2.11. The number of H-pyrrole nitrogens is 1. The summed E-state index contributed by atoms with van der Waals surface area (Å²) >= 11 is 0. The van der Waals surface area contributed by atoms with Gasteiger partial charge in [0.1, 0.15) is 5.65 Å². The van der Waals surface area contributed by atoms with E-state index in [0.29, 0.717) is 5.92 Å². The first-order valence-electron chi connectivity index (χ1n) is 5.36. The van der Waals surface area contributed by atoms with E-state index in [4.69, 9.17) is 0 Å². The van der Waals surface area contributed by atoms with Gasteiger partial charge in [0.05, 0.1) is 0 Å². The number of fused-ring (bicyclic) bond motifs is 1. The van der Waals surface area contributed by atoms with Crippen molar-refractivity contribution in [3.8, 4) is 0 Å². The molecule has 2 rings (SSSR count). The van der Waals surface area contributed by atoms with Crippen LogP contribution >= 0.6 is 0 Å². The Morgan fingerprint density at radius 2 is 2.13 bits per heavy atom. The van der Waals surface area contributed by atoms with Crippen molar-refractivity contribution in [1.82, 2.24) is 9.38 Å². The quantitative estimate of drug-likeness (QED) is 0.800. The minimum atomic E-state index is 0.0483. The fourth-order valence-electron chi connectivity index (χ4n) is 1.70. The number of aromatic nitrogens is 2. The van der Waals surface area contributed by atoms with Crippen LogP contribution in [0, 0.1) is 0 Å². The second-order valence-electron chi connectivity index (χ2n) is 4.17. The van der Waals surface area contributed by atoms with Crippen LogP contribution in [0.5, 0.6) is 0 Å². The molecule has 0 aliphatic heterocycles. The highest BCUT2D eigenvalue weighted by molar-refractivity contribution is 5.43. The van der Waals surface area contributed by atoms with E-state index >= 15 is 0 Å². The van der Waals surface area contributed by atoms with Crippen molar-refractivity contribution in [1.29, 1.82) is 0 Å². The molecule has 0 saturated heterocycles. The molecule has 1 N–H and O–H groups in total. The van der Waals surface area contributed by atoms with E-state index in [9.17, 15) is 4.79 Å². The number of aryl methyl sites for hydroxylation is 1. The van der Waals surface area contributed by atoms with Gasteiger partial charge >= 0.3 is 0 Å². The lowest BCUT2D eigenvalue weighted by molar-refractivity contribution is 0.858. The van der Waals surface area contributed by atoms with Crippen molar-refractivity contribution in [2.45, 2.75) is 33.1 Å². The predicted octanol–water partition coefficient (Wildman–Crippen LogP) is 2.31. The van der Waals surface area contributed by atoms with E-state index in [0.717, 1.165) is 23.3 Å². The average molecular weight is 204 g/mol. The maximum atomic E-state index is 11.8. The van der Waals surface area contributed by atoms with E-state index in [-0.39, 0.29) is 5.56 Å². The molecule has 3 nitrogen and oxygen atoms in total. The Hall–Kier alpha value is -1.51. The largest absolute Gasteiger partial charge is 0.343 e. The summed E-state index contributed by atoms with van der Waals surface area (Å²) in [6, 6.07) is 3.76. The number of rotatable bonds is 2. The number of hydrogen-bond acceptors (Lipinski definition) is 1. The summed E-state index contributed by atoms with van der Waals surface area (Å²) in [6.07, 6.45) is 2.79. The van der Waals surface area contributed by atoms with Gasteiger partial charge in [0.15, 0.2) is 0 Å². The van der Waals surface area contributed by atoms with Crippen molar-refractivity contribution in [2.75, 3.05) is 0 Å². The summed E-state index contributed by atoms with van der Waals surface area (Å²) in [5.41, 5.74) is 3.12. The molecule has 2 heterocycles. The molecule has 80 valence electrons. The Bertz CT molecular complexity index is 534. The van der Waals surface area contributed by atoms with Gasteiger partial charge in [-0.3, -0.25) is 9.20 Å². The minimum absolute atomic E-state index is 0.0483. The summed E-state index contributed by atoms with van der Waals surface area (Å²) in [7, 11) is 0. The molecule has 0 aliphatic carbocycles. The molecule has 0 atom stereocenters. The zero-order chi connectivity index (χ0) is 11.0. The smallest absolute Gasteiger partial charge is 0.256 e. The van der Waals surface area contributed by atoms with Gasteiger partial charge < -0.3 is 4.98 Å². The van der Waals surface area contributed by atoms with Gasteiger partial charge in [-0.1, -0.05) is 20.8 Å². The summed E-state index contributed by atoms with van der Waals surface area (Å²) < 4.78 is 1.67. The highest BCUT2D eigenvalue weighted by Gasteiger charge is 2.05. The molecule has 0 fully saturated rings. The van der Waals surface area contributed by atoms with Gasteiger partial charge in [-0.2, -0.15) is 0 Å². The van der Waals surface area contributed by atoms with E-state index in [1.165, 1.54) is 0 Å². The lowest BCUT2D eigenvalue weighted by atomic mass is 10.1.